The Balaban J connectivity index is 1.80. The third-order valence-electron chi connectivity index (χ3n) is 8.04. The lowest BCUT2D eigenvalue weighted by Crippen LogP contribution is -2.49. The lowest BCUT2D eigenvalue weighted by atomic mass is 9.72. The summed E-state index contributed by atoms with van der Waals surface area (Å²) < 4.78 is 6.55. The topological polar surface area (TPSA) is 78.9 Å². The summed E-state index contributed by atoms with van der Waals surface area (Å²) in [4.78, 5) is 28.8. The molecule has 2 aliphatic rings. The van der Waals surface area contributed by atoms with Crippen molar-refractivity contribution in [1.82, 2.24) is 10.2 Å². The van der Waals surface area contributed by atoms with E-state index in [0.29, 0.717) is 6.54 Å². The number of rotatable bonds is 7. The quantitative estimate of drug-likeness (QED) is 0.414. The molecule has 4 rings (SSSR count). The molecule has 6 nitrogen and oxygen atoms in total. The highest BCUT2D eigenvalue weighted by Gasteiger charge is 2.58. The average molecular weight is 572 g/mol. The van der Waals surface area contributed by atoms with E-state index >= 15 is 0 Å². The van der Waals surface area contributed by atoms with Crippen LogP contribution in [0.5, 0.6) is 5.75 Å². The fourth-order valence-corrected chi connectivity index (χ4v) is 6.81. The molecule has 0 bridgehead atoms. The standard InChI is InChI=1S/C30H39BrN2O4/c1-30(2,3)24-25(32-18-21-17-22(31)15-16-23(21)37-4)26(19-11-7-5-8-12-19)33(27(24)29(35)36)28(34)20-13-9-6-10-14-20/h5,7-8,11-12,15-17,20,24-27,32H,6,9-10,13-14,18H2,1-4H3,(H,35,36)/t24-,25-,26?,27-/m0/s1. The molecule has 7 heteroatoms. The molecule has 1 saturated carbocycles. The summed E-state index contributed by atoms with van der Waals surface area (Å²) in [7, 11) is 1.65. The second-order valence-corrected chi connectivity index (χ2v) is 12.4. The third-order valence-corrected chi connectivity index (χ3v) is 8.53. The number of methoxy groups -OCH3 is 1. The minimum absolute atomic E-state index is 0.0143. The van der Waals surface area contributed by atoms with Gasteiger partial charge in [0.1, 0.15) is 11.8 Å². The van der Waals surface area contributed by atoms with E-state index in [4.69, 9.17) is 4.74 Å². The van der Waals surface area contributed by atoms with E-state index in [1.54, 1.807) is 12.0 Å². The number of amides is 1. The molecule has 1 amide bonds. The van der Waals surface area contributed by atoms with Gasteiger partial charge in [0, 0.05) is 34.5 Å². The Labute approximate surface area is 228 Å². The molecule has 0 aromatic heterocycles. The molecule has 1 aliphatic carbocycles. The Hall–Kier alpha value is -2.38. The van der Waals surface area contributed by atoms with Crippen molar-refractivity contribution in [3.8, 4) is 5.75 Å². The van der Waals surface area contributed by atoms with Gasteiger partial charge in [-0.15, -0.1) is 0 Å². The van der Waals surface area contributed by atoms with Crippen LogP contribution in [0.4, 0.5) is 0 Å². The molecule has 0 radical (unpaired) electrons. The SMILES string of the molecule is COc1ccc(Br)cc1CN[C@@H]1C(c2ccccc2)N(C(=O)C2CCCCC2)[C@H](C(=O)O)[C@H]1C(C)(C)C. The van der Waals surface area contributed by atoms with Gasteiger partial charge in [0.15, 0.2) is 0 Å². The van der Waals surface area contributed by atoms with Gasteiger partial charge < -0.3 is 20.1 Å². The predicted molar refractivity (Wildman–Crippen MR) is 148 cm³/mol. The Kier molecular flexibility index (Phi) is 8.64. The Bertz CT molecular complexity index is 1090. The van der Waals surface area contributed by atoms with E-state index in [0.717, 1.165) is 53.5 Å². The van der Waals surface area contributed by atoms with E-state index in [-0.39, 0.29) is 35.2 Å². The first-order chi connectivity index (χ1) is 17.6. The van der Waals surface area contributed by atoms with Crippen molar-refractivity contribution in [3.05, 3.63) is 64.1 Å². The van der Waals surface area contributed by atoms with Crippen LogP contribution in [0.3, 0.4) is 0 Å². The molecule has 1 unspecified atom stereocenters. The fourth-order valence-electron chi connectivity index (χ4n) is 6.40. The van der Waals surface area contributed by atoms with E-state index in [9.17, 15) is 14.7 Å². The molecule has 1 aliphatic heterocycles. The molecule has 2 N–H and O–H groups in total. The van der Waals surface area contributed by atoms with Crippen LogP contribution in [0.2, 0.25) is 0 Å². The number of nitrogens with zero attached hydrogens (tertiary/aromatic N) is 1. The zero-order chi connectivity index (χ0) is 26.7. The first-order valence-electron chi connectivity index (χ1n) is 13.3. The van der Waals surface area contributed by atoms with Crippen LogP contribution in [0.25, 0.3) is 0 Å². The number of hydrogen-bond acceptors (Lipinski definition) is 4. The first-order valence-corrected chi connectivity index (χ1v) is 14.1. The van der Waals surface area contributed by atoms with Gasteiger partial charge >= 0.3 is 5.97 Å². The van der Waals surface area contributed by atoms with Gasteiger partial charge in [-0.3, -0.25) is 4.79 Å². The highest BCUT2D eigenvalue weighted by atomic mass is 79.9. The van der Waals surface area contributed by atoms with Crippen molar-refractivity contribution < 1.29 is 19.4 Å². The number of carboxylic acids is 1. The normalized spacial score (nSPS) is 24.7. The smallest absolute Gasteiger partial charge is 0.326 e. The average Bonchev–Trinajstić information content (AvgIpc) is 3.24. The van der Waals surface area contributed by atoms with Crippen LogP contribution in [0.1, 0.15) is 70.0 Å². The highest BCUT2D eigenvalue weighted by Crippen LogP contribution is 2.49. The van der Waals surface area contributed by atoms with E-state index in [1.807, 2.05) is 48.5 Å². The van der Waals surface area contributed by atoms with Crippen LogP contribution in [0, 0.1) is 17.3 Å². The van der Waals surface area contributed by atoms with Crippen molar-refractivity contribution in [2.75, 3.05) is 7.11 Å². The number of carbonyl (C=O) groups is 2. The minimum Gasteiger partial charge on any atom is -0.496 e. The molecule has 2 aromatic rings. The molecule has 2 fully saturated rings. The number of hydrogen-bond donors (Lipinski definition) is 2. The molecular formula is C30H39BrN2O4. The Morgan fingerprint density at radius 1 is 1.08 bits per heavy atom. The number of benzene rings is 2. The summed E-state index contributed by atoms with van der Waals surface area (Å²) in [5, 5.41) is 14.3. The number of ether oxygens (including phenoxy) is 1. The van der Waals surface area contributed by atoms with E-state index in [2.05, 4.69) is 42.0 Å². The van der Waals surface area contributed by atoms with Gasteiger partial charge in [0.05, 0.1) is 13.2 Å². The molecule has 4 atom stereocenters. The Morgan fingerprint density at radius 3 is 2.35 bits per heavy atom. The molecule has 1 heterocycles. The zero-order valence-electron chi connectivity index (χ0n) is 22.2. The van der Waals surface area contributed by atoms with Gasteiger partial charge in [-0.1, -0.05) is 86.3 Å². The lowest BCUT2D eigenvalue weighted by Gasteiger charge is -2.36. The molecule has 37 heavy (non-hydrogen) atoms. The van der Waals surface area contributed by atoms with Crippen molar-refractivity contribution in [1.29, 1.82) is 0 Å². The van der Waals surface area contributed by atoms with Gasteiger partial charge in [-0.25, -0.2) is 4.79 Å². The molecule has 2 aromatic carbocycles. The second-order valence-electron chi connectivity index (χ2n) is 11.5. The number of halogens is 1. The number of carbonyl (C=O) groups excluding carboxylic acids is 1. The Morgan fingerprint density at radius 2 is 1.76 bits per heavy atom. The summed E-state index contributed by atoms with van der Waals surface area (Å²) in [6.45, 7) is 6.73. The molecule has 200 valence electrons. The lowest BCUT2D eigenvalue weighted by molar-refractivity contribution is -0.154. The van der Waals surface area contributed by atoms with Crippen molar-refractivity contribution in [2.24, 2.45) is 17.3 Å². The molecular weight excluding hydrogens is 532 g/mol. The molecule has 1 saturated heterocycles. The van der Waals surface area contributed by atoms with Crippen molar-refractivity contribution in [3.63, 3.8) is 0 Å². The van der Waals surface area contributed by atoms with Crippen LogP contribution in [-0.4, -0.2) is 41.1 Å². The number of nitrogens with one attached hydrogen (secondary N) is 1. The van der Waals surface area contributed by atoms with Crippen LogP contribution in [-0.2, 0) is 16.1 Å². The number of aliphatic carboxylic acids is 1. The number of likely N-dealkylation sites (tertiary alicyclic amines) is 1. The zero-order valence-corrected chi connectivity index (χ0v) is 23.8. The monoisotopic (exact) mass is 570 g/mol. The summed E-state index contributed by atoms with van der Waals surface area (Å²) in [6.07, 6.45) is 4.83. The van der Waals surface area contributed by atoms with Gasteiger partial charge in [-0.05, 0) is 42.0 Å². The van der Waals surface area contributed by atoms with E-state index in [1.165, 1.54) is 0 Å². The minimum atomic E-state index is -0.936. The maximum Gasteiger partial charge on any atom is 0.326 e. The second kappa shape index (κ2) is 11.6. The van der Waals surface area contributed by atoms with Gasteiger partial charge in [-0.2, -0.15) is 0 Å². The summed E-state index contributed by atoms with van der Waals surface area (Å²) in [5.41, 5.74) is 1.57. The first kappa shape index (κ1) is 27.6. The van der Waals surface area contributed by atoms with Crippen molar-refractivity contribution >= 4 is 27.8 Å². The van der Waals surface area contributed by atoms with Gasteiger partial charge in [0.2, 0.25) is 5.91 Å². The van der Waals surface area contributed by atoms with Gasteiger partial charge in [0.25, 0.3) is 0 Å². The van der Waals surface area contributed by atoms with Crippen molar-refractivity contribution in [2.45, 2.75) is 77.5 Å². The van der Waals surface area contributed by atoms with Crippen LogP contribution < -0.4 is 10.1 Å². The fraction of sp³-hybridized carbons (Fsp3) is 0.533. The highest BCUT2D eigenvalue weighted by molar-refractivity contribution is 9.10. The largest absolute Gasteiger partial charge is 0.496 e. The maximum absolute atomic E-state index is 14.1. The van der Waals surface area contributed by atoms with E-state index < -0.39 is 12.0 Å². The third kappa shape index (κ3) is 5.88. The summed E-state index contributed by atoms with van der Waals surface area (Å²) >= 11 is 3.56. The summed E-state index contributed by atoms with van der Waals surface area (Å²) in [5.74, 6) is -0.608. The van der Waals surface area contributed by atoms with Crippen LogP contribution >= 0.6 is 15.9 Å². The maximum atomic E-state index is 14.1. The van der Waals surface area contributed by atoms with Crippen LogP contribution in [0.15, 0.2) is 53.0 Å². The predicted octanol–water partition coefficient (Wildman–Crippen LogP) is 6.20. The number of carboxylic acid groups (broad SMARTS) is 1. The summed E-state index contributed by atoms with van der Waals surface area (Å²) in [6, 6.07) is 14.2. The molecule has 0 spiro atoms.